The first-order valence-corrected chi connectivity index (χ1v) is 8.98. The van der Waals surface area contributed by atoms with Crippen LogP contribution in [0.2, 0.25) is 10.0 Å². The quantitative estimate of drug-likeness (QED) is 0.787. The van der Waals surface area contributed by atoms with Crippen LogP contribution >= 0.6 is 23.2 Å². The number of nitrogens with zero attached hydrogens (tertiary/aromatic N) is 1. The monoisotopic (exact) mass is 392 g/mol. The number of rotatable bonds is 5. The first-order valence-electron chi connectivity index (χ1n) is 8.22. The van der Waals surface area contributed by atoms with Crippen molar-refractivity contribution in [2.24, 2.45) is 0 Å². The molecule has 1 fully saturated rings. The van der Waals surface area contributed by atoms with Gasteiger partial charge >= 0.3 is 5.97 Å². The van der Waals surface area contributed by atoms with Crippen LogP contribution in [0.25, 0.3) is 0 Å². The molecular weight excluding hydrogens is 375 g/mol. The van der Waals surface area contributed by atoms with Gasteiger partial charge in [0.2, 0.25) is 5.91 Å². The van der Waals surface area contributed by atoms with Crippen molar-refractivity contribution < 1.29 is 14.3 Å². The van der Waals surface area contributed by atoms with E-state index in [1.807, 2.05) is 35.2 Å². The normalized spacial score (nSPS) is 17.6. The molecule has 1 aliphatic rings. The lowest BCUT2D eigenvalue weighted by Gasteiger charge is -2.33. The summed E-state index contributed by atoms with van der Waals surface area (Å²) in [5.74, 6) is -0.665. The number of carbonyl (C=O) groups excluding carboxylic acids is 2. The summed E-state index contributed by atoms with van der Waals surface area (Å²) in [6.07, 6.45) is 0.00587. The van der Waals surface area contributed by atoms with Gasteiger partial charge in [0.1, 0.15) is 12.6 Å². The number of carbonyl (C=O) groups is 2. The molecule has 0 bridgehead atoms. The number of anilines is 1. The van der Waals surface area contributed by atoms with Gasteiger partial charge in [-0.15, -0.1) is 0 Å². The zero-order valence-electron chi connectivity index (χ0n) is 14.0. The average molecular weight is 393 g/mol. The number of hydrogen-bond acceptors (Lipinski definition) is 4. The third kappa shape index (κ3) is 4.75. The fourth-order valence-corrected chi connectivity index (χ4v) is 3.14. The third-order valence-corrected chi connectivity index (χ3v) is 4.89. The van der Waals surface area contributed by atoms with Crippen LogP contribution in [0, 0.1) is 0 Å². The molecule has 2 aromatic rings. The van der Waals surface area contributed by atoms with Gasteiger partial charge < -0.3 is 10.1 Å². The van der Waals surface area contributed by atoms with Gasteiger partial charge in [-0.25, -0.2) is 0 Å². The Hall–Kier alpha value is -2.08. The Labute approximate surface area is 161 Å². The largest absolute Gasteiger partial charge is 0.463 e. The second kappa shape index (κ2) is 8.54. The number of cyclic esters (lactones) is 1. The van der Waals surface area contributed by atoms with Crippen molar-refractivity contribution in [2.75, 3.05) is 18.5 Å². The van der Waals surface area contributed by atoms with Crippen LogP contribution in [0.4, 0.5) is 5.69 Å². The van der Waals surface area contributed by atoms with E-state index in [9.17, 15) is 9.59 Å². The highest BCUT2D eigenvalue weighted by Crippen LogP contribution is 2.25. The standard InChI is InChI=1S/C19H18Cl2N2O3/c20-15-7-6-14(10-16(15)21)22-18(24)11-17-19(25)26-9-8-23(17)12-13-4-2-1-3-5-13/h1-7,10,17H,8-9,11-12H2,(H,22,24)/t17-/m0/s1. The Balaban J connectivity index is 1.66. The predicted molar refractivity (Wildman–Crippen MR) is 101 cm³/mol. The highest BCUT2D eigenvalue weighted by Gasteiger charge is 2.33. The number of ether oxygens (including phenoxy) is 1. The summed E-state index contributed by atoms with van der Waals surface area (Å²) < 4.78 is 5.15. The van der Waals surface area contributed by atoms with Gasteiger partial charge in [0.25, 0.3) is 0 Å². The summed E-state index contributed by atoms with van der Waals surface area (Å²) >= 11 is 11.8. The predicted octanol–water partition coefficient (Wildman–Crippen LogP) is 3.75. The summed E-state index contributed by atoms with van der Waals surface area (Å²) in [7, 11) is 0. The van der Waals surface area contributed by atoms with E-state index >= 15 is 0 Å². The maximum atomic E-state index is 12.4. The molecule has 5 nitrogen and oxygen atoms in total. The van der Waals surface area contributed by atoms with Crippen molar-refractivity contribution in [1.29, 1.82) is 0 Å². The average Bonchev–Trinajstić information content (AvgIpc) is 2.62. The summed E-state index contributed by atoms with van der Waals surface area (Å²) in [6.45, 7) is 1.50. The van der Waals surface area contributed by atoms with Crippen LogP contribution in [0.15, 0.2) is 48.5 Å². The molecule has 3 rings (SSSR count). The maximum absolute atomic E-state index is 12.4. The molecule has 0 radical (unpaired) electrons. The lowest BCUT2D eigenvalue weighted by atomic mass is 10.1. The van der Waals surface area contributed by atoms with Gasteiger partial charge in [-0.1, -0.05) is 53.5 Å². The highest BCUT2D eigenvalue weighted by molar-refractivity contribution is 6.42. The fraction of sp³-hybridized carbons (Fsp3) is 0.263. The summed E-state index contributed by atoms with van der Waals surface area (Å²) in [4.78, 5) is 26.6. The second-order valence-electron chi connectivity index (χ2n) is 6.02. The molecule has 1 heterocycles. The Morgan fingerprint density at radius 2 is 1.92 bits per heavy atom. The van der Waals surface area contributed by atoms with Gasteiger partial charge in [0.15, 0.2) is 0 Å². The number of morpholine rings is 1. The Bertz CT molecular complexity index is 799. The fourth-order valence-electron chi connectivity index (χ4n) is 2.85. The summed E-state index contributed by atoms with van der Waals surface area (Å²) in [5, 5.41) is 3.51. The molecule has 0 aliphatic carbocycles. The molecule has 0 spiro atoms. The van der Waals surface area contributed by atoms with Crippen molar-refractivity contribution in [2.45, 2.75) is 19.0 Å². The number of nitrogens with one attached hydrogen (secondary N) is 1. The van der Waals surface area contributed by atoms with Crippen molar-refractivity contribution in [3.05, 3.63) is 64.1 Å². The molecule has 0 aromatic heterocycles. The van der Waals surface area contributed by atoms with E-state index in [1.165, 1.54) is 0 Å². The van der Waals surface area contributed by atoms with Crippen LogP contribution in [0.3, 0.4) is 0 Å². The number of esters is 1. The Morgan fingerprint density at radius 1 is 1.15 bits per heavy atom. The van der Waals surface area contributed by atoms with E-state index < -0.39 is 6.04 Å². The lowest BCUT2D eigenvalue weighted by molar-refractivity contribution is -0.159. The second-order valence-corrected chi connectivity index (χ2v) is 6.83. The molecule has 2 aromatic carbocycles. The molecule has 1 saturated heterocycles. The van der Waals surface area contributed by atoms with E-state index in [0.717, 1.165) is 5.56 Å². The van der Waals surface area contributed by atoms with Gasteiger partial charge in [-0.2, -0.15) is 0 Å². The van der Waals surface area contributed by atoms with Crippen LogP contribution in [-0.2, 0) is 20.9 Å². The molecule has 1 amide bonds. The van der Waals surface area contributed by atoms with Gasteiger partial charge in [-0.3, -0.25) is 14.5 Å². The molecule has 7 heteroatoms. The van der Waals surface area contributed by atoms with Crippen molar-refractivity contribution in [3.63, 3.8) is 0 Å². The molecule has 1 atom stereocenters. The van der Waals surface area contributed by atoms with Crippen LogP contribution in [-0.4, -0.2) is 36.0 Å². The van der Waals surface area contributed by atoms with Crippen LogP contribution in [0.1, 0.15) is 12.0 Å². The molecule has 0 saturated carbocycles. The first kappa shape index (κ1) is 18.7. The number of benzene rings is 2. The zero-order valence-corrected chi connectivity index (χ0v) is 15.5. The molecular formula is C19H18Cl2N2O3. The molecule has 26 heavy (non-hydrogen) atoms. The minimum atomic E-state index is -0.619. The van der Waals surface area contributed by atoms with E-state index in [4.69, 9.17) is 27.9 Å². The van der Waals surface area contributed by atoms with Crippen LogP contribution < -0.4 is 5.32 Å². The highest BCUT2D eigenvalue weighted by atomic mass is 35.5. The zero-order chi connectivity index (χ0) is 18.5. The minimum Gasteiger partial charge on any atom is -0.463 e. The maximum Gasteiger partial charge on any atom is 0.323 e. The Morgan fingerprint density at radius 3 is 2.65 bits per heavy atom. The third-order valence-electron chi connectivity index (χ3n) is 4.15. The summed E-state index contributed by atoms with van der Waals surface area (Å²) in [6, 6.07) is 14.0. The number of hydrogen-bond donors (Lipinski definition) is 1. The molecule has 1 aliphatic heterocycles. The van der Waals surface area contributed by atoms with E-state index in [2.05, 4.69) is 5.32 Å². The summed E-state index contributed by atoms with van der Waals surface area (Å²) in [5.41, 5.74) is 1.61. The topological polar surface area (TPSA) is 58.6 Å². The van der Waals surface area contributed by atoms with E-state index in [0.29, 0.717) is 35.4 Å². The smallest absolute Gasteiger partial charge is 0.323 e. The lowest BCUT2D eigenvalue weighted by Crippen LogP contribution is -2.49. The number of amides is 1. The Kier molecular flexibility index (Phi) is 6.14. The molecule has 136 valence electrons. The SMILES string of the molecule is O=C(C[C@H]1C(=O)OCCN1Cc1ccccc1)Nc1ccc(Cl)c(Cl)c1. The van der Waals surface area contributed by atoms with E-state index in [-0.39, 0.29) is 18.3 Å². The van der Waals surface area contributed by atoms with E-state index in [1.54, 1.807) is 18.2 Å². The molecule has 1 N–H and O–H groups in total. The number of halogens is 2. The van der Waals surface area contributed by atoms with Gasteiger partial charge in [0.05, 0.1) is 16.5 Å². The van der Waals surface area contributed by atoms with Crippen LogP contribution in [0.5, 0.6) is 0 Å². The van der Waals surface area contributed by atoms with Gasteiger partial charge in [-0.05, 0) is 23.8 Å². The van der Waals surface area contributed by atoms with Crippen molar-refractivity contribution in [1.82, 2.24) is 4.90 Å². The van der Waals surface area contributed by atoms with Crippen molar-refractivity contribution in [3.8, 4) is 0 Å². The minimum absolute atomic E-state index is 0.00587. The molecule has 0 unspecified atom stereocenters. The van der Waals surface area contributed by atoms with Crippen molar-refractivity contribution >= 4 is 40.8 Å². The first-order chi connectivity index (χ1) is 12.5. The van der Waals surface area contributed by atoms with Gasteiger partial charge in [0, 0.05) is 18.8 Å².